The van der Waals surface area contributed by atoms with Crippen LogP contribution in [0.5, 0.6) is 0 Å². The number of hydrogen-bond acceptors (Lipinski definition) is 2. The summed E-state index contributed by atoms with van der Waals surface area (Å²) >= 11 is 10.9. The molecular formula is C22H22N4S2. The second-order valence-corrected chi connectivity index (χ2v) is 7.15. The number of anilines is 4. The quantitative estimate of drug-likeness (QED) is 0.404. The van der Waals surface area contributed by atoms with Crippen molar-refractivity contribution in [1.29, 1.82) is 0 Å². The van der Waals surface area contributed by atoms with Gasteiger partial charge in [-0.25, -0.2) is 0 Å². The molecular weight excluding hydrogens is 384 g/mol. The molecule has 4 nitrogen and oxygen atoms in total. The van der Waals surface area contributed by atoms with Crippen molar-refractivity contribution in [3.8, 4) is 0 Å². The van der Waals surface area contributed by atoms with Crippen molar-refractivity contribution in [2.75, 3.05) is 21.3 Å². The molecule has 0 radical (unpaired) electrons. The Labute approximate surface area is 176 Å². The molecule has 0 heterocycles. The number of para-hydroxylation sites is 4. The third-order valence-corrected chi connectivity index (χ3v) is 4.62. The molecule has 0 amide bonds. The van der Waals surface area contributed by atoms with Gasteiger partial charge in [0.2, 0.25) is 0 Å². The zero-order valence-corrected chi connectivity index (χ0v) is 17.4. The Morgan fingerprint density at radius 2 is 0.786 bits per heavy atom. The van der Waals surface area contributed by atoms with Crippen LogP contribution in [0.2, 0.25) is 0 Å². The van der Waals surface area contributed by atoms with E-state index in [-0.39, 0.29) is 0 Å². The summed E-state index contributed by atoms with van der Waals surface area (Å²) in [6, 6.07) is 23.8. The molecule has 0 aliphatic heterocycles. The largest absolute Gasteiger partial charge is 0.332 e. The summed E-state index contributed by atoms with van der Waals surface area (Å²) in [5, 5.41) is 14.0. The van der Waals surface area contributed by atoms with E-state index >= 15 is 0 Å². The highest BCUT2D eigenvalue weighted by molar-refractivity contribution is 7.81. The molecule has 0 spiro atoms. The molecule has 4 N–H and O–H groups in total. The third-order valence-electron chi connectivity index (χ3n) is 4.21. The molecule has 142 valence electrons. The third kappa shape index (κ3) is 5.28. The second-order valence-electron chi connectivity index (χ2n) is 6.33. The Morgan fingerprint density at radius 1 is 0.500 bits per heavy atom. The Bertz CT molecular complexity index is 921. The smallest absolute Gasteiger partial charge is 0.175 e. The Hall–Kier alpha value is -2.96. The van der Waals surface area contributed by atoms with Crippen molar-refractivity contribution in [3.63, 3.8) is 0 Å². The fourth-order valence-electron chi connectivity index (χ4n) is 2.68. The maximum Gasteiger partial charge on any atom is 0.175 e. The van der Waals surface area contributed by atoms with Gasteiger partial charge in [0.1, 0.15) is 0 Å². The number of hydrogen-bond donors (Lipinski definition) is 4. The molecule has 3 aromatic rings. The lowest BCUT2D eigenvalue weighted by molar-refractivity contribution is 1.45. The van der Waals surface area contributed by atoms with E-state index < -0.39 is 0 Å². The van der Waals surface area contributed by atoms with E-state index in [1.807, 2.05) is 86.6 Å². The Morgan fingerprint density at radius 3 is 1.14 bits per heavy atom. The van der Waals surface area contributed by atoms with Gasteiger partial charge >= 0.3 is 0 Å². The number of benzene rings is 3. The highest BCUT2D eigenvalue weighted by atomic mass is 32.1. The monoisotopic (exact) mass is 406 g/mol. The predicted octanol–water partition coefficient (Wildman–Crippen LogP) is 5.92. The lowest BCUT2D eigenvalue weighted by Crippen LogP contribution is -2.23. The van der Waals surface area contributed by atoms with E-state index in [0.717, 1.165) is 33.9 Å². The maximum absolute atomic E-state index is 5.47. The average molecular weight is 407 g/mol. The van der Waals surface area contributed by atoms with Crippen LogP contribution in [-0.2, 0) is 0 Å². The van der Waals surface area contributed by atoms with Gasteiger partial charge in [0.05, 0.1) is 11.4 Å². The van der Waals surface area contributed by atoms with Gasteiger partial charge < -0.3 is 21.3 Å². The number of rotatable bonds is 4. The summed E-state index contributed by atoms with van der Waals surface area (Å²) < 4.78 is 0. The van der Waals surface area contributed by atoms with Crippen molar-refractivity contribution in [3.05, 3.63) is 83.9 Å². The minimum atomic E-state index is 0.515. The van der Waals surface area contributed by atoms with Gasteiger partial charge in [-0.3, -0.25) is 0 Å². The van der Waals surface area contributed by atoms with Crippen molar-refractivity contribution >= 4 is 57.4 Å². The zero-order chi connectivity index (χ0) is 19.9. The molecule has 0 aliphatic rings. The van der Waals surface area contributed by atoms with Gasteiger partial charge in [-0.2, -0.15) is 0 Å². The van der Waals surface area contributed by atoms with Gasteiger partial charge in [0.25, 0.3) is 0 Å². The Kier molecular flexibility index (Phi) is 6.57. The number of thiocarbonyl (C=S) groups is 2. The Balaban J connectivity index is 1.67. The molecule has 28 heavy (non-hydrogen) atoms. The van der Waals surface area contributed by atoms with Crippen molar-refractivity contribution in [1.82, 2.24) is 0 Å². The summed E-state index contributed by atoms with van der Waals surface area (Å²) in [5.74, 6) is 0. The lowest BCUT2D eigenvalue weighted by atomic mass is 10.2. The van der Waals surface area contributed by atoms with Gasteiger partial charge in [-0.15, -0.1) is 0 Å². The van der Waals surface area contributed by atoms with Crippen LogP contribution in [0.4, 0.5) is 22.7 Å². The summed E-state index contributed by atoms with van der Waals surface area (Å²) in [5.41, 5.74) is 5.87. The van der Waals surface area contributed by atoms with Crippen molar-refractivity contribution in [2.24, 2.45) is 0 Å². The van der Waals surface area contributed by atoms with Crippen molar-refractivity contribution < 1.29 is 0 Å². The minimum absolute atomic E-state index is 0.515. The molecule has 3 aromatic carbocycles. The molecule has 0 fully saturated rings. The first-order valence-corrected chi connectivity index (χ1v) is 9.71. The molecule has 0 bridgehead atoms. The summed E-state index contributed by atoms with van der Waals surface area (Å²) in [7, 11) is 0. The van der Waals surface area contributed by atoms with E-state index in [1.165, 1.54) is 0 Å². The molecule has 6 heteroatoms. The van der Waals surface area contributed by atoms with Gasteiger partial charge in [-0.1, -0.05) is 48.5 Å². The molecule has 0 saturated heterocycles. The van der Waals surface area contributed by atoms with Gasteiger partial charge in [0.15, 0.2) is 10.2 Å². The van der Waals surface area contributed by atoms with Crippen LogP contribution in [0.25, 0.3) is 0 Å². The van der Waals surface area contributed by atoms with E-state index in [2.05, 4.69) is 21.3 Å². The SMILES string of the molecule is Cc1ccccc1NC(=S)Nc1ccccc1NC(=S)Nc1ccccc1C. The fourth-order valence-corrected chi connectivity index (χ4v) is 3.12. The van der Waals surface area contributed by atoms with Crippen molar-refractivity contribution in [2.45, 2.75) is 13.8 Å². The second kappa shape index (κ2) is 9.30. The molecule has 3 rings (SSSR count). The van der Waals surface area contributed by atoms with Crippen LogP contribution >= 0.6 is 24.4 Å². The number of nitrogens with one attached hydrogen (secondary N) is 4. The van der Waals surface area contributed by atoms with Crippen LogP contribution in [0.1, 0.15) is 11.1 Å². The topological polar surface area (TPSA) is 48.1 Å². The maximum atomic E-state index is 5.47. The van der Waals surface area contributed by atoms with Gasteiger partial charge in [-0.05, 0) is 73.7 Å². The lowest BCUT2D eigenvalue weighted by Gasteiger charge is -2.17. The van der Waals surface area contributed by atoms with E-state index in [1.54, 1.807) is 0 Å². The van der Waals surface area contributed by atoms with Gasteiger partial charge in [0, 0.05) is 11.4 Å². The van der Waals surface area contributed by atoms with Crippen LogP contribution in [0.15, 0.2) is 72.8 Å². The standard InChI is InChI=1S/C22H22N4S2/c1-15-9-3-5-11-17(15)23-21(27)25-19-13-7-8-14-20(19)26-22(28)24-18-12-6-4-10-16(18)2/h3-14H,1-2H3,(H2,23,25,27)(H2,24,26,28). The molecule has 0 aromatic heterocycles. The van der Waals surface area contributed by atoms with E-state index in [4.69, 9.17) is 24.4 Å². The van der Waals surface area contributed by atoms with Crippen LogP contribution in [0, 0.1) is 13.8 Å². The van der Waals surface area contributed by atoms with E-state index in [9.17, 15) is 0 Å². The average Bonchev–Trinajstić information content (AvgIpc) is 2.67. The van der Waals surface area contributed by atoms with Crippen LogP contribution in [-0.4, -0.2) is 10.2 Å². The highest BCUT2D eigenvalue weighted by Crippen LogP contribution is 2.23. The first-order valence-electron chi connectivity index (χ1n) is 8.89. The molecule has 0 aliphatic carbocycles. The first kappa shape index (κ1) is 19.8. The summed E-state index contributed by atoms with van der Waals surface area (Å²) in [6.07, 6.45) is 0. The summed E-state index contributed by atoms with van der Waals surface area (Å²) in [6.45, 7) is 4.08. The predicted molar refractivity (Wildman–Crippen MR) is 128 cm³/mol. The molecule has 0 unspecified atom stereocenters. The summed E-state index contributed by atoms with van der Waals surface area (Å²) in [4.78, 5) is 0. The number of aryl methyl sites for hydroxylation is 2. The molecule has 0 saturated carbocycles. The van der Waals surface area contributed by atoms with E-state index in [0.29, 0.717) is 10.2 Å². The fraction of sp³-hybridized carbons (Fsp3) is 0.0909. The normalized spacial score (nSPS) is 10.1. The minimum Gasteiger partial charge on any atom is -0.332 e. The van der Waals surface area contributed by atoms with Crippen LogP contribution in [0.3, 0.4) is 0 Å². The van der Waals surface area contributed by atoms with Crippen LogP contribution < -0.4 is 21.3 Å². The highest BCUT2D eigenvalue weighted by Gasteiger charge is 2.07. The zero-order valence-electron chi connectivity index (χ0n) is 15.7. The first-order chi connectivity index (χ1) is 13.5. The molecule has 0 atom stereocenters.